The summed E-state index contributed by atoms with van der Waals surface area (Å²) in [5, 5.41) is 32.0. The number of thiazole rings is 1. The van der Waals surface area contributed by atoms with Crippen molar-refractivity contribution < 1.29 is 57.5 Å². The number of likely N-dealkylation sites (tertiary alicyclic amines) is 1. The van der Waals surface area contributed by atoms with E-state index < -0.39 is 47.1 Å². The zero-order chi connectivity index (χ0) is 61.7. The number of halogens is 2. The summed E-state index contributed by atoms with van der Waals surface area (Å²) in [7, 11) is 1.67. The number of aliphatic hydroxyl groups excluding tert-OH is 1. The Bertz CT molecular complexity index is 3380. The van der Waals surface area contributed by atoms with Gasteiger partial charge in [-0.15, -0.1) is 11.3 Å². The van der Waals surface area contributed by atoms with E-state index in [0.29, 0.717) is 60.3 Å². The lowest BCUT2D eigenvalue weighted by Crippen LogP contribution is -2.58. The Morgan fingerprint density at radius 1 is 0.907 bits per heavy atom. The first kappa shape index (κ1) is 64.6. The minimum Gasteiger partial charge on any atom is -0.508 e. The van der Waals surface area contributed by atoms with Crippen LogP contribution in [0.4, 0.5) is 16.2 Å². The van der Waals surface area contributed by atoms with E-state index in [2.05, 4.69) is 32.5 Å². The molecule has 2 aromatic heterocycles. The van der Waals surface area contributed by atoms with Gasteiger partial charge in [0.2, 0.25) is 35.5 Å². The van der Waals surface area contributed by atoms with Crippen molar-refractivity contribution in [3.8, 4) is 27.3 Å². The van der Waals surface area contributed by atoms with Crippen molar-refractivity contribution >= 4 is 85.9 Å². The number of phenols is 1. The van der Waals surface area contributed by atoms with Gasteiger partial charge in [0.1, 0.15) is 35.8 Å². The van der Waals surface area contributed by atoms with Gasteiger partial charge < -0.3 is 64.7 Å². The lowest BCUT2D eigenvalue weighted by atomic mass is 9.85. The molecule has 0 unspecified atom stereocenters. The molecule has 5 N–H and O–H groups in total. The quantitative estimate of drug-likeness (QED) is 0.0260. The molecule has 2 aliphatic heterocycles. The van der Waals surface area contributed by atoms with Crippen molar-refractivity contribution in [1.82, 2.24) is 40.3 Å². The van der Waals surface area contributed by atoms with Gasteiger partial charge in [-0.2, -0.15) is 4.98 Å². The summed E-state index contributed by atoms with van der Waals surface area (Å²) in [5.41, 5.74) is 4.38. The van der Waals surface area contributed by atoms with Crippen molar-refractivity contribution in [2.24, 2.45) is 5.41 Å². The van der Waals surface area contributed by atoms with Gasteiger partial charge in [0.05, 0.1) is 79.5 Å². The average Bonchev–Trinajstić information content (AvgIpc) is 1.02. The third-order valence-corrected chi connectivity index (χ3v) is 16.3. The number of fused-ring (bicyclic) bond motifs is 2. The molecule has 2 saturated heterocycles. The third kappa shape index (κ3) is 16.4. The fourth-order valence-corrected chi connectivity index (χ4v) is 11.5. The molecule has 4 atom stereocenters. The monoisotopic (exact) mass is 1220 g/mol. The van der Waals surface area contributed by atoms with Crippen LogP contribution in [0.1, 0.15) is 57.8 Å². The number of hydrogen-bond acceptors (Lipinski definition) is 17. The second kappa shape index (κ2) is 29.8. The van der Waals surface area contributed by atoms with Gasteiger partial charge in [-0.3, -0.25) is 24.0 Å². The first-order chi connectivity index (χ1) is 41.2. The van der Waals surface area contributed by atoms with Crippen molar-refractivity contribution in [1.29, 1.82) is 0 Å². The molecule has 4 heterocycles. The Hall–Kier alpha value is -7.38. The molecule has 0 bridgehead atoms. The predicted octanol–water partition coefficient (Wildman–Crippen LogP) is 6.91. The molecule has 460 valence electrons. The Morgan fingerprint density at radius 2 is 1.58 bits per heavy atom. The molecule has 0 aliphatic carbocycles. The van der Waals surface area contributed by atoms with Crippen LogP contribution in [0.15, 0.2) is 84.9 Å². The molecule has 24 heteroatoms. The molecule has 4 aromatic carbocycles. The molecule has 6 aromatic rings. The van der Waals surface area contributed by atoms with Gasteiger partial charge in [0.25, 0.3) is 0 Å². The fourth-order valence-electron chi connectivity index (χ4n) is 10.4. The Morgan fingerprint density at radius 3 is 2.24 bits per heavy atom. The highest BCUT2D eigenvalue weighted by molar-refractivity contribution is 7.13. The predicted molar refractivity (Wildman–Crippen MR) is 328 cm³/mol. The number of nitrogens with zero attached hydrogens (tertiary/aromatic N) is 7. The van der Waals surface area contributed by atoms with Crippen molar-refractivity contribution in [3.63, 3.8) is 0 Å². The first-order valence-electron chi connectivity index (χ1n) is 28.7. The second-order valence-electron chi connectivity index (χ2n) is 22.3. The van der Waals surface area contributed by atoms with E-state index >= 15 is 4.39 Å². The zero-order valence-corrected chi connectivity index (χ0v) is 51.0. The molecule has 8 rings (SSSR count). The molecular weight excluding hydrogens is 1150 g/mol. The maximum Gasteiger partial charge on any atom is 0.246 e. The minimum atomic E-state index is -1.01. The lowest BCUT2D eigenvalue weighted by molar-refractivity contribution is -0.144. The van der Waals surface area contributed by atoms with Gasteiger partial charge in [-0.1, -0.05) is 87.5 Å². The van der Waals surface area contributed by atoms with Crippen molar-refractivity contribution in [2.75, 3.05) is 116 Å². The summed E-state index contributed by atoms with van der Waals surface area (Å²) in [6.07, 6.45) is 0.500. The summed E-state index contributed by atoms with van der Waals surface area (Å²) in [5.74, 6) is -2.00. The maximum atomic E-state index is 17.0. The highest BCUT2D eigenvalue weighted by atomic mass is 35.5. The number of benzene rings is 4. The topological polar surface area (TPSA) is 250 Å². The number of amides is 5. The normalized spacial score (nSPS) is 16.1. The van der Waals surface area contributed by atoms with Gasteiger partial charge in [0, 0.05) is 76.7 Å². The summed E-state index contributed by atoms with van der Waals surface area (Å²) in [6, 6.07) is 17.5. The first-order valence-corrected chi connectivity index (χ1v) is 29.9. The smallest absolute Gasteiger partial charge is 0.246 e. The number of hydrogen-bond donors (Lipinski definition) is 5. The van der Waals surface area contributed by atoms with Gasteiger partial charge >= 0.3 is 0 Å². The van der Waals surface area contributed by atoms with Gasteiger partial charge in [-0.25, -0.2) is 14.4 Å². The summed E-state index contributed by atoms with van der Waals surface area (Å²) in [4.78, 5) is 87.7. The van der Waals surface area contributed by atoms with E-state index in [9.17, 15) is 34.2 Å². The molecule has 0 radical (unpaired) electrons. The number of aromatic nitrogens is 3. The summed E-state index contributed by atoms with van der Waals surface area (Å²) in [6.45, 7) is 16.2. The second-order valence-corrected chi connectivity index (χ2v) is 23.6. The number of β-amino-alcohol motifs (C(OH)–C–C–N with tert-alkyl or cyclic N) is 1. The maximum absolute atomic E-state index is 17.0. The van der Waals surface area contributed by atoms with Crippen LogP contribution < -0.4 is 20.9 Å². The van der Waals surface area contributed by atoms with E-state index in [1.807, 2.05) is 88.0 Å². The lowest BCUT2D eigenvalue weighted by Gasteiger charge is -2.35. The number of aliphatic hydroxyl groups is 1. The van der Waals surface area contributed by atoms with Crippen LogP contribution in [0, 0.1) is 18.2 Å². The van der Waals surface area contributed by atoms with Crippen LogP contribution in [0.2, 0.25) is 5.02 Å². The van der Waals surface area contributed by atoms with E-state index in [0.717, 1.165) is 21.7 Å². The van der Waals surface area contributed by atoms with Crippen LogP contribution in [0.3, 0.4) is 0 Å². The molecule has 2 aliphatic rings. The summed E-state index contributed by atoms with van der Waals surface area (Å²) < 4.78 is 39.5. The average molecular weight is 1220 g/mol. The number of anilines is 2. The molecular formula is C62H76ClFN10O11S. The number of rotatable bonds is 27. The Balaban J connectivity index is 0.715. The Kier molecular flexibility index (Phi) is 22.4. The number of nitrogens with one attached hydrogen (secondary N) is 3. The van der Waals surface area contributed by atoms with Crippen LogP contribution in [0.5, 0.6) is 5.75 Å². The number of ether oxygens (including phenoxy) is 4. The van der Waals surface area contributed by atoms with Crippen LogP contribution >= 0.6 is 22.9 Å². The number of aryl methyl sites for hydroxylation is 1. The van der Waals surface area contributed by atoms with Crippen LogP contribution in [-0.4, -0.2) is 193 Å². The van der Waals surface area contributed by atoms with Crippen molar-refractivity contribution in [3.05, 3.63) is 107 Å². The largest absolute Gasteiger partial charge is 0.508 e. The highest BCUT2D eigenvalue weighted by Crippen LogP contribution is 2.42. The standard InChI is InChI=1S/C62H76ClFN10O11S/c1-8-51(78)72-19-21-73(22-20-72)58-47-34-48(63)53(46-32-43(75)31-42-11-9-10-12-45(42)46)54(64)55(47)69-61(70-58)65-18-17-52(79)71(7)23-24-82-25-26-83-27-28-84-29-30-85-36-50(77)68-57(62(4,5)6)60(81)74-35-44(76)33-49(74)59(80)67-38(2)40-13-15-41(16-14-40)56-39(3)66-37-86-56/h8-16,31-32,34,37-38,44,49,57,75-76H,1,17-30,33,35-36H2,2-7H3,(H,67,80)(H,68,77)(H,65,69,70)/t38-,44+,49-,57+/m0/s1. The number of carbonyl (C=O) groups excluding carboxylic acids is 5. The van der Waals surface area contributed by atoms with Gasteiger partial charge in [-0.05, 0) is 71.0 Å². The van der Waals surface area contributed by atoms with E-state index in [1.165, 1.54) is 17.0 Å². The number of piperazine rings is 1. The number of phenolic OH excluding ortho intramolecular Hbond substituents is 1. The fraction of sp³-hybridized carbons (Fsp3) is 0.452. The number of aromatic hydroxyl groups is 1. The SMILES string of the molecule is C=CC(=O)N1CCN(c2nc(NCCC(=O)N(C)CCOCCOCCOCCOCC(=O)N[C@H](C(=O)N3C[C@H](O)C[C@H]3C(=O)N[C@@H](C)c3ccc(-c4scnc4C)cc3)C(C)(C)C)nc3c(F)c(-c4cc(O)cc5ccccc45)c(Cl)cc23)CC1. The zero-order valence-electron chi connectivity index (χ0n) is 49.4. The molecule has 0 saturated carbocycles. The molecule has 21 nitrogen and oxygen atoms in total. The van der Waals surface area contributed by atoms with Crippen LogP contribution in [-0.2, 0) is 42.9 Å². The Labute approximate surface area is 508 Å². The van der Waals surface area contributed by atoms with E-state index in [-0.39, 0.29) is 124 Å². The number of likely N-dealkylation sites (N-methyl/N-ethyl adjacent to an activating group) is 1. The minimum absolute atomic E-state index is 0.00803. The van der Waals surface area contributed by atoms with Crippen molar-refractivity contribution in [2.45, 2.75) is 71.7 Å². The molecule has 0 spiro atoms. The molecule has 2 fully saturated rings. The molecule has 5 amide bonds. The van der Waals surface area contributed by atoms with E-state index in [4.69, 9.17) is 35.5 Å². The number of carbonyl (C=O) groups is 5. The van der Waals surface area contributed by atoms with Gasteiger partial charge in [0.15, 0.2) is 5.82 Å². The van der Waals surface area contributed by atoms with Crippen LogP contribution in [0.25, 0.3) is 43.2 Å². The summed E-state index contributed by atoms with van der Waals surface area (Å²) >= 11 is 8.44. The van der Waals surface area contributed by atoms with E-state index in [1.54, 1.807) is 45.8 Å². The third-order valence-electron chi connectivity index (χ3n) is 15.1. The molecule has 86 heavy (non-hydrogen) atoms. The highest BCUT2D eigenvalue weighted by Gasteiger charge is 2.45.